The second-order valence-electron chi connectivity index (χ2n) is 2.65. The van der Waals surface area contributed by atoms with Gasteiger partial charge in [-0.15, -0.1) is 0 Å². The van der Waals surface area contributed by atoms with Gasteiger partial charge in [0.2, 0.25) is 0 Å². The molecular weight excluding hydrogens is 192 g/mol. The molecule has 12 heavy (non-hydrogen) atoms. The minimum atomic E-state index is -0.704. The van der Waals surface area contributed by atoms with Crippen molar-refractivity contribution in [2.75, 3.05) is 12.0 Å². The molecule has 0 aliphatic carbocycles. The maximum absolute atomic E-state index is 10.8. The summed E-state index contributed by atoms with van der Waals surface area (Å²) >= 11 is 5.71. The van der Waals surface area contributed by atoms with Crippen molar-refractivity contribution in [2.24, 2.45) is 0 Å². The van der Waals surface area contributed by atoms with E-state index in [0.717, 1.165) is 17.2 Å². The van der Waals surface area contributed by atoms with Crippen LogP contribution in [0.2, 0.25) is 5.02 Å². The smallest absolute Gasteiger partial charge is 0.0406 e. The van der Waals surface area contributed by atoms with Gasteiger partial charge in [-0.3, -0.25) is 4.21 Å². The highest BCUT2D eigenvalue weighted by Crippen LogP contribution is 2.09. The summed E-state index contributed by atoms with van der Waals surface area (Å²) in [6.45, 7) is 0. The van der Waals surface area contributed by atoms with E-state index in [4.69, 9.17) is 11.6 Å². The standard InChI is InChI=1S/C9H11ClOS/c1-12(11)7-6-8-2-4-9(10)5-3-8/h2-5H,6-7H2,1H3. The lowest BCUT2D eigenvalue weighted by atomic mass is 10.2. The average molecular weight is 203 g/mol. The normalized spacial score (nSPS) is 12.8. The minimum Gasteiger partial charge on any atom is -0.260 e. The third kappa shape index (κ3) is 3.37. The largest absolute Gasteiger partial charge is 0.260 e. The van der Waals surface area contributed by atoms with Crippen LogP contribution in [0.25, 0.3) is 0 Å². The van der Waals surface area contributed by atoms with Gasteiger partial charge in [-0.2, -0.15) is 0 Å². The Morgan fingerprint density at radius 3 is 2.42 bits per heavy atom. The molecule has 1 aromatic carbocycles. The summed E-state index contributed by atoms with van der Waals surface area (Å²) in [5.74, 6) is 0.724. The van der Waals surface area contributed by atoms with Crippen molar-refractivity contribution in [1.29, 1.82) is 0 Å². The summed E-state index contributed by atoms with van der Waals surface area (Å²) in [6, 6.07) is 7.65. The first kappa shape index (κ1) is 9.75. The van der Waals surface area contributed by atoms with E-state index in [9.17, 15) is 4.21 Å². The van der Waals surface area contributed by atoms with Gasteiger partial charge in [-0.1, -0.05) is 23.7 Å². The number of halogens is 1. The monoisotopic (exact) mass is 202 g/mol. The van der Waals surface area contributed by atoms with E-state index < -0.39 is 10.8 Å². The molecule has 0 saturated carbocycles. The van der Waals surface area contributed by atoms with Crippen LogP contribution < -0.4 is 0 Å². The summed E-state index contributed by atoms with van der Waals surface area (Å²) < 4.78 is 10.8. The topological polar surface area (TPSA) is 17.1 Å². The van der Waals surface area contributed by atoms with Crippen LogP contribution in [0.4, 0.5) is 0 Å². The Labute approximate surface area is 80.2 Å². The first-order valence-electron chi connectivity index (χ1n) is 3.73. The van der Waals surface area contributed by atoms with Crippen molar-refractivity contribution in [3.8, 4) is 0 Å². The lowest BCUT2D eigenvalue weighted by molar-refractivity contribution is 0.686. The molecule has 0 heterocycles. The number of aryl methyl sites for hydroxylation is 1. The minimum absolute atomic E-state index is 0.704. The zero-order chi connectivity index (χ0) is 8.97. The van der Waals surface area contributed by atoms with Gasteiger partial charge in [0.25, 0.3) is 0 Å². The molecule has 0 aliphatic heterocycles. The molecule has 66 valence electrons. The van der Waals surface area contributed by atoms with E-state index in [-0.39, 0.29) is 0 Å². The van der Waals surface area contributed by atoms with Gasteiger partial charge in [0.05, 0.1) is 0 Å². The first-order valence-corrected chi connectivity index (χ1v) is 5.83. The number of hydrogen-bond donors (Lipinski definition) is 0. The van der Waals surface area contributed by atoms with Crippen LogP contribution >= 0.6 is 11.6 Å². The number of benzene rings is 1. The Bertz CT molecular complexity index is 268. The molecule has 0 N–H and O–H groups in total. The molecule has 1 rings (SSSR count). The highest BCUT2D eigenvalue weighted by atomic mass is 35.5. The fourth-order valence-electron chi connectivity index (χ4n) is 0.913. The summed E-state index contributed by atoms with van der Waals surface area (Å²) in [5.41, 5.74) is 1.19. The maximum Gasteiger partial charge on any atom is 0.0406 e. The highest BCUT2D eigenvalue weighted by molar-refractivity contribution is 7.84. The van der Waals surface area contributed by atoms with E-state index in [1.54, 1.807) is 6.26 Å². The molecular formula is C9H11ClOS. The summed E-state index contributed by atoms with van der Waals surface area (Å²) in [6.07, 6.45) is 2.58. The molecule has 0 spiro atoms. The van der Waals surface area contributed by atoms with Gasteiger partial charge in [0, 0.05) is 27.8 Å². The SMILES string of the molecule is CS(=O)CCc1ccc(Cl)cc1. The molecule has 0 aliphatic rings. The molecule has 0 aromatic heterocycles. The van der Waals surface area contributed by atoms with Crippen LogP contribution in [0.1, 0.15) is 5.56 Å². The number of rotatable bonds is 3. The van der Waals surface area contributed by atoms with Crippen molar-refractivity contribution in [2.45, 2.75) is 6.42 Å². The maximum atomic E-state index is 10.8. The van der Waals surface area contributed by atoms with E-state index in [1.165, 1.54) is 5.56 Å². The van der Waals surface area contributed by atoms with E-state index in [2.05, 4.69) is 0 Å². The summed E-state index contributed by atoms with van der Waals surface area (Å²) in [5, 5.41) is 0.747. The fourth-order valence-corrected chi connectivity index (χ4v) is 1.56. The van der Waals surface area contributed by atoms with Crippen LogP contribution in [-0.4, -0.2) is 16.2 Å². The Balaban J connectivity index is 2.53. The molecule has 0 fully saturated rings. The Kier molecular flexibility index (Phi) is 3.76. The zero-order valence-corrected chi connectivity index (χ0v) is 8.49. The molecule has 1 aromatic rings. The van der Waals surface area contributed by atoms with E-state index in [1.807, 2.05) is 24.3 Å². The van der Waals surface area contributed by atoms with Crippen molar-refractivity contribution in [1.82, 2.24) is 0 Å². The van der Waals surface area contributed by atoms with Gasteiger partial charge in [-0.25, -0.2) is 0 Å². The van der Waals surface area contributed by atoms with Crippen LogP contribution in [0.15, 0.2) is 24.3 Å². The van der Waals surface area contributed by atoms with Crippen molar-refractivity contribution in [3.05, 3.63) is 34.9 Å². The molecule has 0 bridgehead atoms. The lowest BCUT2D eigenvalue weighted by Gasteiger charge is -1.98. The Morgan fingerprint density at radius 1 is 1.33 bits per heavy atom. The predicted octanol–water partition coefficient (Wildman–Crippen LogP) is 2.26. The van der Waals surface area contributed by atoms with Crippen molar-refractivity contribution >= 4 is 22.4 Å². The quantitative estimate of drug-likeness (QED) is 0.735. The van der Waals surface area contributed by atoms with Crippen molar-refractivity contribution < 1.29 is 4.21 Å². The number of hydrogen-bond acceptors (Lipinski definition) is 1. The van der Waals surface area contributed by atoms with Gasteiger partial charge in [-0.05, 0) is 24.1 Å². The lowest BCUT2D eigenvalue weighted by Crippen LogP contribution is -1.97. The molecule has 1 atom stereocenters. The van der Waals surface area contributed by atoms with Gasteiger partial charge >= 0.3 is 0 Å². The van der Waals surface area contributed by atoms with Crippen LogP contribution in [0, 0.1) is 0 Å². The Hall–Kier alpha value is -0.340. The molecule has 0 radical (unpaired) electrons. The summed E-state index contributed by atoms with van der Waals surface area (Å²) in [7, 11) is -0.704. The van der Waals surface area contributed by atoms with Crippen LogP contribution in [0.3, 0.4) is 0 Å². The fraction of sp³-hybridized carbons (Fsp3) is 0.333. The summed E-state index contributed by atoms with van der Waals surface area (Å²) in [4.78, 5) is 0. The average Bonchev–Trinajstić information content (AvgIpc) is 2.03. The molecule has 0 amide bonds. The second-order valence-corrected chi connectivity index (χ2v) is 4.64. The third-order valence-electron chi connectivity index (χ3n) is 1.59. The highest BCUT2D eigenvalue weighted by Gasteiger charge is 1.94. The predicted molar refractivity (Wildman–Crippen MR) is 54.1 cm³/mol. The van der Waals surface area contributed by atoms with Gasteiger partial charge in [0.1, 0.15) is 0 Å². The van der Waals surface area contributed by atoms with E-state index >= 15 is 0 Å². The van der Waals surface area contributed by atoms with Crippen LogP contribution in [0.5, 0.6) is 0 Å². The zero-order valence-electron chi connectivity index (χ0n) is 6.92. The van der Waals surface area contributed by atoms with Gasteiger partial charge < -0.3 is 0 Å². The van der Waals surface area contributed by atoms with Crippen LogP contribution in [-0.2, 0) is 17.2 Å². The molecule has 1 unspecified atom stereocenters. The Morgan fingerprint density at radius 2 is 1.92 bits per heavy atom. The molecule has 3 heteroatoms. The molecule has 1 nitrogen and oxygen atoms in total. The third-order valence-corrected chi connectivity index (χ3v) is 2.62. The molecule has 0 saturated heterocycles. The van der Waals surface area contributed by atoms with Gasteiger partial charge in [0.15, 0.2) is 0 Å². The first-order chi connectivity index (χ1) is 5.68. The van der Waals surface area contributed by atoms with Crippen molar-refractivity contribution in [3.63, 3.8) is 0 Å². The second kappa shape index (κ2) is 4.63. The van der Waals surface area contributed by atoms with E-state index in [0.29, 0.717) is 0 Å².